The maximum atomic E-state index is 12.9. The molecule has 0 radical (unpaired) electrons. The molecule has 0 saturated carbocycles. The van der Waals surface area contributed by atoms with Gasteiger partial charge in [0.25, 0.3) is 0 Å². The number of carbonyl (C=O) groups is 1. The molecule has 0 unspecified atom stereocenters. The molecule has 6 heteroatoms. The molecule has 0 aromatic heterocycles. The van der Waals surface area contributed by atoms with Gasteiger partial charge in [-0.25, -0.2) is 0 Å². The second kappa shape index (κ2) is 8.47. The number of benzene rings is 2. The highest BCUT2D eigenvalue weighted by Crippen LogP contribution is 2.43. The molecule has 2 aromatic carbocycles. The van der Waals surface area contributed by atoms with Crippen molar-refractivity contribution in [2.75, 3.05) is 38.3 Å². The third-order valence-corrected chi connectivity index (χ3v) is 5.45. The molecule has 162 valence electrons. The minimum Gasteiger partial charge on any atom is -0.506 e. The summed E-state index contributed by atoms with van der Waals surface area (Å²) in [6, 6.07) is 9.67. The largest absolute Gasteiger partial charge is 0.506 e. The van der Waals surface area contributed by atoms with Gasteiger partial charge in [-0.2, -0.15) is 0 Å². The van der Waals surface area contributed by atoms with Crippen LogP contribution in [0.1, 0.15) is 35.3 Å². The number of phenols is 1. The van der Waals surface area contributed by atoms with Gasteiger partial charge in [-0.1, -0.05) is 18.2 Å². The maximum absolute atomic E-state index is 12.9. The number of anilines is 1. The third kappa shape index (κ3) is 4.44. The highest BCUT2D eigenvalue weighted by Gasteiger charge is 2.28. The number of fused-ring (bicyclic) bond motifs is 1. The summed E-state index contributed by atoms with van der Waals surface area (Å²) in [5.41, 5.74) is 2.13. The van der Waals surface area contributed by atoms with E-state index in [1.165, 1.54) is 13.2 Å². The molecule has 2 heterocycles. The van der Waals surface area contributed by atoms with E-state index >= 15 is 0 Å². The van der Waals surface area contributed by atoms with Crippen molar-refractivity contribution in [3.05, 3.63) is 59.2 Å². The van der Waals surface area contributed by atoms with Gasteiger partial charge in [0, 0.05) is 24.8 Å². The Morgan fingerprint density at radius 3 is 2.58 bits per heavy atom. The van der Waals surface area contributed by atoms with Gasteiger partial charge >= 0.3 is 0 Å². The van der Waals surface area contributed by atoms with Gasteiger partial charge in [0.2, 0.25) is 0 Å². The van der Waals surface area contributed by atoms with E-state index in [2.05, 4.69) is 4.90 Å². The molecule has 0 atom stereocenters. The van der Waals surface area contributed by atoms with Gasteiger partial charge in [-0.05, 0) is 49.8 Å². The molecule has 1 fully saturated rings. The number of aromatic hydroxyl groups is 1. The zero-order chi connectivity index (χ0) is 22.0. The summed E-state index contributed by atoms with van der Waals surface area (Å²) in [5, 5.41) is 10.8. The molecule has 0 spiro atoms. The number of hydrogen-bond acceptors (Lipinski definition) is 6. The van der Waals surface area contributed by atoms with Crippen LogP contribution in [0.2, 0.25) is 0 Å². The fourth-order valence-corrected chi connectivity index (χ4v) is 3.76. The molecule has 4 rings (SSSR count). The zero-order valence-electron chi connectivity index (χ0n) is 18.1. The molecule has 1 N–H and O–H groups in total. The number of morpholine rings is 1. The van der Waals surface area contributed by atoms with E-state index < -0.39 is 5.60 Å². The summed E-state index contributed by atoms with van der Waals surface area (Å²) in [6.07, 6.45) is 6.81. The molecule has 0 aliphatic carbocycles. The fraction of sp³-hybridized carbons (Fsp3) is 0.320. The van der Waals surface area contributed by atoms with Crippen LogP contribution in [0.4, 0.5) is 5.69 Å². The average molecular weight is 421 g/mol. The van der Waals surface area contributed by atoms with Crippen molar-refractivity contribution in [3.63, 3.8) is 0 Å². The highest BCUT2D eigenvalue weighted by molar-refractivity contribution is 6.11. The van der Waals surface area contributed by atoms with Crippen molar-refractivity contribution in [2.45, 2.75) is 19.4 Å². The molecule has 1 saturated heterocycles. The SMILES string of the molecule is COc1cc2c(c(O)c1C(=O)/C=C/c1ccc(N3CCOCC3)cc1)C=CC(C)(C)O2. The number of methoxy groups -OCH3 is 1. The van der Waals surface area contributed by atoms with Gasteiger partial charge in [0.05, 0.1) is 25.9 Å². The number of phenolic OH excluding ortho intramolecular Hbond substituents is 1. The first-order chi connectivity index (χ1) is 14.9. The van der Waals surface area contributed by atoms with Crippen LogP contribution in [0.25, 0.3) is 12.2 Å². The molecule has 2 aliphatic rings. The molecular weight excluding hydrogens is 394 g/mol. The summed E-state index contributed by atoms with van der Waals surface area (Å²) in [6.45, 7) is 7.06. The van der Waals surface area contributed by atoms with Crippen LogP contribution in [-0.4, -0.2) is 49.9 Å². The first kappa shape index (κ1) is 21.0. The van der Waals surface area contributed by atoms with Crippen LogP contribution in [0.15, 0.2) is 42.5 Å². The topological polar surface area (TPSA) is 68.2 Å². The van der Waals surface area contributed by atoms with Crippen molar-refractivity contribution in [3.8, 4) is 17.2 Å². The lowest BCUT2D eigenvalue weighted by Gasteiger charge is -2.29. The second-order valence-corrected chi connectivity index (χ2v) is 8.14. The quantitative estimate of drug-likeness (QED) is 0.573. The van der Waals surface area contributed by atoms with Crippen molar-refractivity contribution in [1.82, 2.24) is 0 Å². The van der Waals surface area contributed by atoms with Gasteiger partial charge < -0.3 is 24.2 Å². The van der Waals surface area contributed by atoms with Crippen molar-refractivity contribution in [2.24, 2.45) is 0 Å². The Morgan fingerprint density at radius 2 is 1.90 bits per heavy atom. The number of rotatable bonds is 5. The summed E-state index contributed by atoms with van der Waals surface area (Å²) < 4.78 is 16.7. The van der Waals surface area contributed by atoms with E-state index in [1.54, 1.807) is 18.2 Å². The lowest BCUT2D eigenvalue weighted by atomic mass is 9.97. The van der Waals surface area contributed by atoms with Crippen LogP contribution in [0.5, 0.6) is 17.2 Å². The summed E-state index contributed by atoms with van der Waals surface area (Å²) >= 11 is 0. The number of nitrogens with zero attached hydrogens (tertiary/aromatic N) is 1. The number of hydrogen-bond donors (Lipinski definition) is 1. The predicted molar refractivity (Wildman–Crippen MR) is 121 cm³/mol. The normalized spacial score (nSPS) is 17.3. The van der Waals surface area contributed by atoms with E-state index in [1.807, 2.05) is 44.2 Å². The minimum atomic E-state index is -0.497. The Balaban J connectivity index is 1.56. The van der Waals surface area contributed by atoms with E-state index in [4.69, 9.17) is 14.2 Å². The Labute approximate surface area is 182 Å². The van der Waals surface area contributed by atoms with E-state index in [0.29, 0.717) is 11.3 Å². The second-order valence-electron chi connectivity index (χ2n) is 8.14. The van der Waals surface area contributed by atoms with Crippen molar-refractivity contribution >= 4 is 23.6 Å². The lowest BCUT2D eigenvalue weighted by molar-refractivity contribution is 0.104. The van der Waals surface area contributed by atoms with Crippen LogP contribution in [-0.2, 0) is 4.74 Å². The molecule has 2 aromatic rings. The molecule has 31 heavy (non-hydrogen) atoms. The zero-order valence-corrected chi connectivity index (χ0v) is 18.1. The first-order valence-electron chi connectivity index (χ1n) is 10.4. The number of carbonyl (C=O) groups excluding carboxylic acids is 1. The standard InChI is InChI=1S/C25H27NO5/c1-25(2)11-10-19-21(31-25)16-22(29-3)23(24(19)28)20(27)9-6-17-4-7-18(8-5-17)26-12-14-30-15-13-26/h4-11,16,28H,12-15H2,1-3H3/b9-6+. The van der Waals surface area contributed by atoms with Gasteiger partial charge in [0.1, 0.15) is 28.4 Å². The lowest BCUT2D eigenvalue weighted by Crippen LogP contribution is -2.36. The smallest absolute Gasteiger partial charge is 0.193 e. The van der Waals surface area contributed by atoms with Crippen molar-refractivity contribution in [1.29, 1.82) is 0 Å². The Hall–Kier alpha value is -3.25. The fourth-order valence-electron chi connectivity index (χ4n) is 3.76. The molecule has 0 bridgehead atoms. The van der Waals surface area contributed by atoms with Crippen LogP contribution < -0.4 is 14.4 Å². The summed E-state index contributed by atoms with van der Waals surface area (Å²) in [5.74, 6) is 0.284. The monoisotopic (exact) mass is 421 g/mol. The predicted octanol–water partition coefficient (Wildman–Crippen LogP) is 4.32. The van der Waals surface area contributed by atoms with E-state index in [0.717, 1.165) is 37.6 Å². The molecular formula is C25H27NO5. The highest BCUT2D eigenvalue weighted by atomic mass is 16.5. The van der Waals surface area contributed by atoms with E-state index in [-0.39, 0.29) is 22.8 Å². The van der Waals surface area contributed by atoms with Gasteiger partial charge in [0.15, 0.2) is 5.78 Å². The average Bonchev–Trinajstić information content (AvgIpc) is 2.77. The van der Waals surface area contributed by atoms with Crippen molar-refractivity contribution < 1.29 is 24.1 Å². The maximum Gasteiger partial charge on any atom is 0.193 e. The molecule has 2 aliphatic heterocycles. The van der Waals surface area contributed by atoms with Crippen LogP contribution in [0.3, 0.4) is 0 Å². The van der Waals surface area contributed by atoms with Gasteiger partial charge in [-0.3, -0.25) is 4.79 Å². The molecule has 0 amide bonds. The number of ether oxygens (including phenoxy) is 3. The third-order valence-electron chi connectivity index (χ3n) is 5.45. The number of ketones is 1. The number of allylic oxidation sites excluding steroid dienone is 1. The summed E-state index contributed by atoms with van der Waals surface area (Å²) in [4.78, 5) is 15.2. The van der Waals surface area contributed by atoms with Gasteiger partial charge in [-0.15, -0.1) is 0 Å². The van der Waals surface area contributed by atoms with Crippen LogP contribution >= 0.6 is 0 Å². The first-order valence-corrected chi connectivity index (χ1v) is 10.4. The summed E-state index contributed by atoms with van der Waals surface area (Å²) in [7, 11) is 1.47. The Kier molecular flexibility index (Phi) is 5.74. The Bertz CT molecular complexity index is 1030. The molecule has 6 nitrogen and oxygen atoms in total. The van der Waals surface area contributed by atoms with E-state index in [9.17, 15) is 9.90 Å². The minimum absolute atomic E-state index is 0.121. The van der Waals surface area contributed by atoms with Crippen LogP contribution in [0, 0.1) is 0 Å². The Morgan fingerprint density at radius 1 is 1.19 bits per heavy atom.